The summed E-state index contributed by atoms with van der Waals surface area (Å²) in [4.78, 5) is 31.7. The van der Waals surface area contributed by atoms with Gasteiger partial charge in [0.15, 0.2) is 11.5 Å². The molecular formula is C31H30N2O5. The Morgan fingerprint density at radius 3 is 2.47 bits per heavy atom. The molecule has 0 radical (unpaired) electrons. The number of fused-ring (bicyclic) bond motifs is 1. The Balaban J connectivity index is 1.47. The Morgan fingerprint density at radius 1 is 1.03 bits per heavy atom. The second-order valence-electron chi connectivity index (χ2n) is 9.23. The number of rotatable bonds is 10. The van der Waals surface area contributed by atoms with Crippen molar-refractivity contribution in [2.24, 2.45) is 0 Å². The number of aliphatic hydroxyl groups excluding tert-OH is 1. The fourth-order valence-electron chi connectivity index (χ4n) is 5.04. The van der Waals surface area contributed by atoms with Crippen molar-refractivity contribution in [2.75, 3.05) is 20.3 Å². The smallest absolute Gasteiger partial charge is 0.290 e. The van der Waals surface area contributed by atoms with Crippen LogP contribution in [0.4, 0.5) is 0 Å². The number of ketones is 1. The minimum absolute atomic E-state index is 0.0944. The van der Waals surface area contributed by atoms with Crippen molar-refractivity contribution in [3.05, 3.63) is 107 Å². The molecule has 1 aliphatic rings. The van der Waals surface area contributed by atoms with Crippen LogP contribution >= 0.6 is 0 Å². The summed E-state index contributed by atoms with van der Waals surface area (Å²) in [7, 11) is 1.63. The van der Waals surface area contributed by atoms with E-state index in [9.17, 15) is 14.7 Å². The summed E-state index contributed by atoms with van der Waals surface area (Å²) >= 11 is 0. The zero-order valence-corrected chi connectivity index (χ0v) is 21.4. The fraction of sp³-hybridized carbons (Fsp3) is 0.226. The molecule has 1 atom stereocenters. The number of H-pyrrole nitrogens is 1. The van der Waals surface area contributed by atoms with Crippen LogP contribution < -0.4 is 9.47 Å². The van der Waals surface area contributed by atoms with Gasteiger partial charge in [-0.15, -0.1) is 0 Å². The highest BCUT2D eigenvalue weighted by atomic mass is 16.5. The summed E-state index contributed by atoms with van der Waals surface area (Å²) in [6, 6.07) is 21.8. The maximum atomic E-state index is 13.5. The van der Waals surface area contributed by atoms with Crippen LogP contribution in [-0.4, -0.2) is 46.9 Å². The van der Waals surface area contributed by atoms with Crippen molar-refractivity contribution < 1.29 is 24.2 Å². The Bertz CT molecular complexity index is 1490. The monoisotopic (exact) mass is 510 g/mol. The Kier molecular flexibility index (Phi) is 7.18. The largest absolute Gasteiger partial charge is 0.503 e. The van der Waals surface area contributed by atoms with Crippen LogP contribution in [0.25, 0.3) is 10.9 Å². The van der Waals surface area contributed by atoms with E-state index in [0.29, 0.717) is 25.3 Å². The van der Waals surface area contributed by atoms with Gasteiger partial charge >= 0.3 is 0 Å². The number of ether oxygens (including phenoxy) is 2. The zero-order valence-electron chi connectivity index (χ0n) is 21.4. The average molecular weight is 511 g/mol. The predicted octanol–water partition coefficient (Wildman–Crippen LogP) is 5.33. The van der Waals surface area contributed by atoms with Gasteiger partial charge in [0.1, 0.15) is 11.5 Å². The van der Waals surface area contributed by atoms with E-state index >= 15 is 0 Å². The van der Waals surface area contributed by atoms with Gasteiger partial charge in [-0.05, 0) is 60.4 Å². The molecular weight excluding hydrogens is 480 g/mol. The van der Waals surface area contributed by atoms with Crippen LogP contribution in [0, 0.1) is 0 Å². The van der Waals surface area contributed by atoms with Crippen molar-refractivity contribution in [3.8, 4) is 11.5 Å². The number of nitrogens with zero attached hydrogens (tertiary/aromatic N) is 1. The van der Waals surface area contributed by atoms with Gasteiger partial charge in [-0.3, -0.25) is 9.59 Å². The van der Waals surface area contributed by atoms with Gasteiger partial charge in [-0.2, -0.15) is 0 Å². The molecule has 7 nitrogen and oxygen atoms in total. The summed E-state index contributed by atoms with van der Waals surface area (Å²) < 4.78 is 11.0. The molecule has 1 amide bonds. The fourth-order valence-corrected chi connectivity index (χ4v) is 5.04. The third kappa shape index (κ3) is 4.87. The molecule has 0 saturated heterocycles. The summed E-state index contributed by atoms with van der Waals surface area (Å²) in [6.45, 7) is 2.75. The molecule has 3 aromatic carbocycles. The lowest BCUT2D eigenvalue weighted by Gasteiger charge is -2.27. The molecule has 0 spiro atoms. The quantitative estimate of drug-likeness (QED) is 0.301. The summed E-state index contributed by atoms with van der Waals surface area (Å²) in [5, 5.41) is 12.0. The number of Topliss-reactive ketones (excluding diaryl/α,β-unsaturated/α-hetero) is 1. The first-order valence-electron chi connectivity index (χ1n) is 12.7. The maximum absolute atomic E-state index is 13.5. The lowest BCUT2D eigenvalue weighted by Crippen LogP contribution is -2.33. The number of carbonyl (C=O) groups excluding carboxylic acids is 2. The SMILES string of the molecule is CCOc1ccc(C2C(C(=O)Cc3ccccc3)=C(O)C(=O)N2CCc2c[nH]c3ccc(OC)cc23)cc1. The summed E-state index contributed by atoms with van der Waals surface area (Å²) in [5.41, 5.74) is 3.67. The molecule has 194 valence electrons. The number of hydrogen-bond acceptors (Lipinski definition) is 5. The predicted molar refractivity (Wildman–Crippen MR) is 145 cm³/mol. The van der Waals surface area contributed by atoms with E-state index < -0.39 is 17.7 Å². The molecule has 0 aliphatic carbocycles. The van der Waals surface area contributed by atoms with Gasteiger partial charge in [0.25, 0.3) is 5.91 Å². The number of carbonyl (C=O) groups is 2. The molecule has 5 rings (SSSR count). The van der Waals surface area contributed by atoms with Crippen LogP contribution in [0.5, 0.6) is 11.5 Å². The first-order chi connectivity index (χ1) is 18.5. The van der Waals surface area contributed by atoms with Gasteiger partial charge in [-0.25, -0.2) is 0 Å². The highest BCUT2D eigenvalue weighted by molar-refractivity contribution is 6.09. The number of aliphatic hydroxyl groups is 1. The maximum Gasteiger partial charge on any atom is 0.290 e. The van der Waals surface area contributed by atoms with Crippen LogP contribution in [0.2, 0.25) is 0 Å². The van der Waals surface area contributed by atoms with Gasteiger partial charge in [0, 0.05) is 30.1 Å². The molecule has 1 aliphatic heterocycles. The molecule has 4 aromatic rings. The van der Waals surface area contributed by atoms with E-state index in [0.717, 1.165) is 33.3 Å². The Morgan fingerprint density at radius 2 is 1.76 bits per heavy atom. The van der Waals surface area contributed by atoms with Crippen LogP contribution in [0.1, 0.15) is 29.7 Å². The van der Waals surface area contributed by atoms with Gasteiger partial charge in [-0.1, -0.05) is 42.5 Å². The van der Waals surface area contributed by atoms with Crippen LogP contribution in [0.15, 0.2) is 90.3 Å². The topological polar surface area (TPSA) is 91.9 Å². The lowest BCUT2D eigenvalue weighted by atomic mass is 9.93. The number of hydrogen-bond donors (Lipinski definition) is 2. The van der Waals surface area contributed by atoms with E-state index in [4.69, 9.17) is 9.47 Å². The number of amides is 1. The normalized spacial score (nSPS) is 15.4. The first kappa shape index (κ1) is 25.1. The summed E-state index contributed by atoms with van der Waals surface area (Å²) in [6.07, 6.45) is 2.54. The number of benzene rings is 3. The van der Waals surface area contributed by atoms with E-state index in [2.05, 4.69) is 4.98 Å². The summed E-state index contributed by atoms with van der Waals surface area (Å²) in [5.74, 6) is 0.143. The minimum Gasteiger partial charge on any atom is -0.503 e. The highest BCUT2D eigenvalue weighted by Crippen LogP contribution is 2.39. The molecule has 0 bridgehead atoms. The van der Waals surface area contributed by atoms with Crippen molar-refractivity contribution in [1.29, 1.82) is 0 Å². The molecule has 0 fully saturated rings. The minimum atomic E-state index is -0.700. The van der Waals surface area contributed by atoms with Crippen LogP contribution in [0.3, 0.4) is 0 Å². The molecule has 1 unspecified atom stereocenters. The molecule has 2 N–H and O–H groups in total. The zero-order chi connectivity index (χ0) is 26.6. The molecule has 38 heavy (non-hydrogen) atoms. The third-order valence-corrected chi connectivity index (χ3v) is 6.92. The van der Waals surface area contributed by atoms with Gasteiger partial charge in [0.2, 0.25) is 0 Å². The Labute approximate surface area is 221 Å². The number of methoxy groups -OCH3 is 1. The standard InChI is InChI=1S/C31H30N2O5/c1-3-38-23-11-9-21(10-12-23)29-28(27(34)17-20-7-5-4-6-8-20)30(35)31(36)33(29)16-15-22-19-32-26-14-13-24(37-2)18-25(22)26/h4-14,18-19,29,32,35H,3,15-17H2,1-2H3. The van der Waals surface area contributed by atoms with Crippen molar-refractivity contribution in [2.45, 2.75) is 25.8 Å². The van der Waals surface area contributed by atoms with Crippen molar-refractivity contribution in [1.82, 2.24) is 9.88 Å². The van der Waals surface area contributed by atoms with Crippen molar-refractivity contribution >= 4 is 22.6 Å². The van der Waals surface area contributed by atoms with E-state index in [1.165, 1.54) is 0 Å². The van der Waals surface area contributed by atoms with Crippen LogP contribution in [-0.2, 0) is 22.4 Å². The van der Waals surface area contributed by atoms with Gasteiger partial charge in [0.05, 0.1) is 25.3 Å². The lowest BCUT2D eigenvalue weighted by molar-refractivity contribution is -0.129. The molecule has 0 saturated carbocycles. The average Bonchev–Trinajstić information content (AvgIpc) is 3.46. The van der Waals surface area contributed by atoms with E-state index in [1.54, 1.807) is 12.0 Å². The molecule has 1 aromatic heterocycles. The molecule has 7 heteroatoms. The molecule has 2 heterocycles. The van der Waals surface area contributed by atoms with Gasteiger partial charge < -0.3 is 24.5 Å². The van der Waals surface area contributed by atoms with Crippen molar-refractivity contribution in [3.63, 3.8) is 0 Å². The van der Waals surface area contributed by atoms with E-state index in [-0.39, 0.29) is 17.8 Å². The highest BCUT2D eigenvalue weighted by Gasteiger charge is 2.43. The second kappa shape index (κ2) is 10.8. The Hall–Kier alpha value is -4.52. The third-order valence-electron chi connectivity index (χ3n) is 6.92. The second-order valence-corrected chi connectivity index (χ2v) is 9.23. The van der Waals surface area contributed by atoms with E-state index in [1.807, 2.05) is 85.9 Å². The first-order valence-corrected chi connectivity index (χ1v) is 12.7. The number of aromatic amines is 1. The number of nitrogens with one attached hydrogen (secondary N) is 1. The number of aromatic nitrogens is 1.